The average molecular weight is 367 g/mol. The second kappa shape index (κ2) is 7.28. The smallest absolute Gasteiger partial charge is 0.196 e. The molecule has 4 aliphatic rings. The molecule has 27 heavy (non-hydrogen) atoms. The molecule has 1 aromatic carbocycles. The zero-order valence-electron chi connectivity index (χ0n) is 16.7. The van der Waals surface area contributed by atoms with Crippen LogP contribution in [-0.4, -0.2) is 12.9 Å². The van der Waals surface area contributed by atoms with E-state index in [0.717, 1.165) is 60.2 Å². The van der Waals surface area contributed by atoms with Crippen LogP contribution >= 0.6 is 0 Å². The Labute approximate surface area is 164 Å². The molecule has 146 valence electrons. The summed E-state index contributed by atoms with van der Waals surface area (Å²) in [4.78, 5) is 0. The van der Waals surface area contributed by atoms with Crippen LogP contribution < -0.4 is 4.74 Å². The molecule has 4 saturated carbocycles. The third-order valence-corrected chi connectivity index (χ3v) is 8.32. The van der Waals surface area contributed by atoms with Crippen molar-refractivity contribution < 1.29 is 9.47 Å². The Bertz CT molecular complexity index is 665. The summed E-state index contributed by atoms with van der Waals surface area (Å²) in [5, 5.41) is 0. The first kappa shape index (κ1) is 17.8. The quantitative estimate of drug-likeness (QED) is 0.326. The lowest BCUT2D eigenvalue weighted by Crippen LogP contribution is -2.33. The Morgan fingerprint density at radius 3 is 2.59 bits per heavy atom. The maximum atomic E-state index is 6.03. The highest BCUT2D eigenvalue weighted by molar-refractivity contribution is 5.28. The van der Waals surface area contributed by atoms with Crippen molar-refractivity contribution in [2.45, 2.75) is 58.2 Å². The van der Waals surface area contributed by atoms with Gasteiger partial charge in [-0.15, -0.1) is 6.58 Å². The van der Waals surface area contributed by atoms with Gasteiger partial charge in [0, 0.05) is 0 Å². The fraction of sp³-hybridized carbons (Fsp3) is 0.680. The van der Waals surface area contributed by atoms with E-state index in [2.05, 4.69) is 18.7 Å². The van der Waals surface area contributed by atoms with Gasteiger partial charge < -0.3 is 9.47 Å². The van der Waals surface area contributed by atoms with Crippen LogP contribution in [0.25, 0.3) is 0 Å². The molecule has 0 saturated heterocycles. The summed E-state index contributed by atoms with van der Waals surface area (Å²) in [6, 6.07) is 8.27. The standard InChI is InChI=1S/C25H34O2/c1-3-4-17-5-9-22(10-6-17)27-16(2)26-12-11-18-13-21-15-23(18)25-20-8-7-19(14-20)24(21)25/h3,5-6,9-10,16,18-21,23-25H,1,4,7-8,11-15H2,2H3. The van der Waals surface area contributed by atoms with E-state index in [1.54, 1.807) is 12.8 Å². The van der Waals surface area contributed by atoms with E-state index < -0.39 is 0 Å². The SMILES string of the molecule is C=CCc1ccc(OC(C)OCCC2CC3CC2C2C4CCC(C4)C32)cc1. The highest BCUT2D eigenvalue weighted by Crippen LogP contribution is 2.69. The molecule has 4 aliphatic carbocycles. The van der Waals surface area contributed by atoms with Crippen molar-refractivity contribution in [1.29, 1.82) is 0 Å². The highest BCUT2D eigenvalue weighted by Gasteiger charge is 2.61. The molecule has 1 aromatic rings. The molecule has 8 atom stereocenters. The first-order valence-electron chi connectivity index (χ1n) is 11.2. The van der Waals surface area contributed by atoms with E-state index in [1.165, 1.54) is 31.2 Å². The van der Waals surface area contributed by atoms with Gasteiger partial charge in [-0.05, 0) is 111 Å². The summed E-state index contributed by atoms with van der Waals surface area (Å²) in [7, 11) is 0. The molecule has 0 amide bonds. The fourth-order valence-corrected chi connectivity index (χ4v) is 7.52. The molecule has 2 heteroatoms. The van der Waals surface area contributed by atoms with Gasteiger partial charge in [0.1, 0.15) is 5.75 Å². The molecule has 0 aromatic heterocycles. The molecule has 0 spiro atoms. The molecule has 2 nitrogen and oxygen atoms in total. The lowest BCUT2D eigenvalue weighted by molar-refractivity contribution is -0.0735. The molecule has 0 radical (unpaired) electrons. The van der Waals surface area contributed by atoms with Crippen LogP contribution in [-0.2, 0) is 11.2 Å². The topological polar surface area (TPSA) is 18.5 Å². The summed E-state index contributed by atoms with van der Waals surface area (Å²) in [6.45, 7) is 6.65. The van der Waals surface area contributed by atoms with Gasteiger partial charge in [-0.3, -0.25) is 0 Å². The van der Waals surface area contributed by atoms with E-state index in [9.17, 15) is 0 Å². The number of ether oxygens (including phenoxy) is 2. The molecule has 4 fully saturated rings. The van der Waals surface area contributed by atoms with Crippen LogP contribution in [0.4, 0.5) is 0 Å². The zero-order valence-corrected chi connectivity index (χ0v) is 16.7. The Kier molecular flexibility index (Phi) is 4.80. The molecule has 0 N–H and O–H groups in total. The van der Waals surface area contributed by atoms with Crippen LogP contribution in [0, 0.1) is 41.4 Å². The van der Waals surface area contributed by atoms with Gasteiger partial charge in [0.25, 0.3) is 0 Å². The summed E-state index contributed by atoms with van der Waals surface area (Å²) in [5.74, 6) is 8.30. The predicted molar refractivity (Wildman–Crippen MR) is 109 cm³/mol. The molecule has 0 heterocycles. The molecule has 8 unspecified atom stereocenters. The van der Waals surface area contributed by atoms with Crippen molar-refractivity contribution in [2.24, 2.45) is 41.4 Å². The second-order valence-corrected chi connectivity index (χ2v) is 9.63. The van der Waals surface area contributed by atoms with Crippen LogP contribution in [0.5, 0.6) is 5.75 Å². The summed E-state index contributed by atoms with van der Waals surface area (Å²) in [6.07, 6.45) is 11.6. The molecular weight excluding hydrogens is 332 g/mol. The monoisotopic (exact) mass is 366 g/mol. The van der Waals surface area contributed by atoms with E-state index in [1.807, 2.05) is 25.1 Å². The maximum absolute atomic E-state index is 6.03. The van der Waals surface area contributed by atoms with Crippen molar-refractivity contribution >= 4 is 0 Å². The predicted octanol–water partition coefficient (Wildman–Crippen LogP) is 5.86. The van der Waals surface area contributed by atoms with Gasteiger partial charge in [0.05, 0.1) is 6.61 Å². The Morgan fingerprint density at radius 2 is 1.81 bits per heavy atom. The van der Waals surface area contributed by atoms with E-state index in [-0.39, 0.29) is 6.29 Å². The van der Waals surface area contributed by atoms with Gasteiger partial charge in [-0.2, -0.15) is 0 Å². The highest BCUT2D eigenvalue weighted by atomic mass is 16.7. The summed E-state index contributed by atoms with van der Waals surface area (Å²) in [5.41, 5.74) is 1.26. The van der Waals surface area contributed by atoms with Crippen molar-refractivity contribution in [3.05, 3.63) is 42.5 Å². The second-order valence-electron chi connectivity index (χ2n) is 9.63. The third kappa shape index (κ3) is 3.24. The number of allylic oxidation sites excluding steroid dienone is 1. The third-order valence-electron chi connectivity index (χ3n) is 8.32. The van der Waals surface area contributed by atoms with Gasteiger partial charge in [0.2, 0.25) is 0 Å². The van der Waals surface area contributed by atoms with Crippen LogP contribution in [0.1, 0.15) is 51.0 Å². The lowest BCUT2D eigenvalue weighted by Gasteiger charge is -2.38. The van der Waals surface area contributed by atoms with Gasteiger partial charge in [0.15, 0.2) is 6.29 Å². The van der Waals surface area contributed by atoms with Crippen molar-refractivity contribution in [1.82, 2.24) is 0 Å². The van der Waals surface area contributed by atoms with E-state index in [4.69, 9.17) is 9.47 Å². The largest absolute Gasteiger partial charge is 0.465 e. The van der Waals surface area contributed by atoms with Crippen molar-refractivity contribution in [3.8, 4) is 5.75 Å². The van der Waals surface area contributed by atoms with Crippen LogP contribution in [0.15, 0.2) is 36.9 Å². The van der Waals surface area contributed by atoms with Gasteiger partial charge in [-0.1, -0.05) is 18.2 Å². The lowest BCUT2D eigenvalue weighted by atomic mass is 9.67. The van der Waals surface area contributed by atoms with E-state index >= 15 is 0 Å². The molecular formula is C25H34O2. The Hall–Kier alpha value is -1.28. The minimum atomic E-state index is -0.177. The Balaban J connectivity index is 1.08. The maximum Gasteiger partial charge on any atom is 0.196 e. The fourth-order valence-electron chi connectivity index (χ4n) is 7.52. The minimum Gasteiger partial charge on any atom is -0.465 e. The summed E-state index contributed by atoms with van der Waals surface area (Å²) < 4.78 is 12.0. The van der Waals surface area contributed by atoms with Crippen LogP contribution in [0.3, 0.4) is 0 Å². The molecule has 0 aliphatic heterocycles. The number of rotatable bonds is 8. The molecule has 4 bridgehead atoms. The normalized spacial score (nSPS) is 39.5. The van der Waals surface area contributed by atoms with Gasteiger partial charge >= 0.3 is 0 Å². The van der Waals surface area contributed by atoms with E-state index in [0.29, 0.717) is 0 Å². The van der Waals surface area contributed by atoms with Crippen LogP contribution in [0.2, 0.25) is 0 Å². The first-order valence-corrected chi connectivity index (χ1v) is 11.2. The minimum absolute atomic E-state index is 0.177. The van der Waals surface area contributed by atoms with Gasteiger partial charge in [-0.25, -0.2) is 0 Å². The number of hydrogen-bond acceptors (Lipinski definition) is 2. The van der Waals surface area contributed by atoms with Crippen molar-refractivity contribution in [3.63, 3.8) is 0 Å². The van der Waals surface area contributed by atoms with Crippen molar-refractivity contribution in [2.75, 3.05) is 6.61 Å². The zero-order chi connectivity index (χ0) is 18.4. The Morgan fingerprint density at radius 1 is 1.04 bits per heavy atom. The number of hydrogen-bond donors (Lipinski definition) is 0. The first-order chi connectivity index (χ1) is 13.2. The number of benzene rings is 1. The summed E-state index contributed by atoms with van der Waals surface area (Å²) >= 11 is 0. The average Bonchev–Trinajstić information content (AvgIpc) is 3.43. The number of fused-ring (bicyclic) bond motifs is 9. The molecule has 5 rings (SSSR count).